The zero-order chi connectivity index (χ0) is 24.1. The Hall–Kier alpha value is -3.82. The molecule has 0 aliphatic rings. The van der Waals surface area contributed by atoms with E-state index in [2.05, 4.69) is 20.2 Å². The maximum Gasteiger partial charge on any atom is 0.251 e. The second-order valence-corrected chi connectivity index (χ2v) is 9.68. The van der Waals surface area contributed by atoms with E-state index in [1.165, 1.54) is 6.07 Å². The molecule has 0 radical (unpaired) electrons. The second-order valence-electron chi connectivity index (χ2n) is 7.96. The number of benzene rings is 3. The van der Waals surface area contributed by atoms with Gasteiger partial charge in [0.25, 0.3) is 5.91 Å². The maximum absolute atomic E-state index is 12.6. The number of amides is 1. The monoisotopic (exact) mass is 476 g/mol. The van der Waals surface area contributed by atoms with Crippen LogP contribution in [0.1, 0.15) is 29.8 Å². The number of carbonyl (C=O) groups is 1. The van der Waals surface area contributed by atoms with Crippen LogP contribution in [0.15, 0.2) is 88.2 Å². The van der Waals surface area contributed by atoms with Gasteiger partial charge in [-0.05, 0) is 67.9 Å². The van der Waals surface area contributed by atoms with E-state index in [4.69, 9.17) is 4.42 Å². The van der Waals surface area contributed by atoms with Gasteiger partial charge in [0, 0.05) is 29.3 Å². The number of carbonyl (C=O) groups excluding carboxylic acids is 1. The van der Waals surface area contributed by atoms with Gasteiger partial charge < -0.3 is 9.73 Å². The molecule has 34 heavy (non-hydrogen) atoms. The van der Waals surface area contributed by atoms with Crippen LogP contribution < -0.4 is 10.0 Å². The molecule has 0 unspecified atom stereocenters. The van der Waals surface area contributed by atoms with Gasteiger partial charge in [-0.3, -0.25) is 4.79 Å². The van der Waals surface area contributed by atoms with E-state index in [0.29, 0.717) is 28.5 Å². The largest absolute Gasteiger partial charge is 0.416 e. The van der Waals surface area contributed by atoms with Crippen LogP contribution in [0.25, 0.3) is 22.9 Å². The molecule has 2 N–H and O–H groups in total. The third kappa shape index (κ3) is 5.56. The molecule has 0 saturated heterocycles. The van der Waals surface area contributed by atoms with E-state index in [-0.39, 0.29) is 23.4 Å². The summed E-state index contributed by atoms with van der Waals surface area (Å²) in [5.41, 5.74) is 2.66. The fourth-order valence-electron chi connectivity index (χ4n) is 3.29. The Labute approximate surface area is 198 Å². The second kappa shape index (κ2) is 9.98. The molecule has 0 aliphatic heterocycles. The van der Waals surface area contributed by atoms with Crippen LogP contribution in [0.3, 0.4) is 0 Å². The first-order valence-corrected chi connectivity index (χ1v) is 12.2. The Balaban J connectivity index is 1.40. The molecule has 4 aromatic rings. The lowest BCUT2D eigenvalue weighted by Crippen LogP contribution is -2.30. The van der Waals surface area contributed by atoms with Crippen LogP contribution in [0.5, 0.6) is 0 Å². The quantitative estimate of drug-likeness (QED) is 0.397. The van der Waals surface area contributed by atoms with E-state index >= 15 is 0 Å². The predicted molar refractivity (Wildman–Crippen MR) is 128 cm³/mol. The molecule has 0 fully saturated rings. The Bertz CT molecular complexity index is 1380. The number of aromatic nitrogens is 2. The highest BCUT2D eigenvalue weighted by atomic mass is 32.2. The van der Waals surface area contributed by atoms with Crippen molar-refractivity contribution in [2.45, 2.75) is 31.3 Å². The van der Waals surface area contributed by atoms with Gasteiger partial charge in [0.15, 0.2) is 0 Å². The van der Waals surface area contributed by atoms with Gasteiger partial charge in [-0.15, -0.1) is 10.2 Å². The highest BCUT2D eigenvalue weighted by Crippen LogP contribution is 2.24. The van der Waals surface area contributed by atoms with Crippen LogP contribution >= 0.6 is 0 Å². The van der Waals surface area contributed by atoms with E-state index < -0.39 is 10.0 Å². The van der Waals surface area contributed by atoms with Gasteiger partial charge in [-0.25, -0.2) is 13.1 Å². The zero-order valence-electron chi connectivity index (χ0n) is 18.7. The Morgan fingerprint density at radius 2 is 1.53 bits per heavy atom. The van der Waals surface area contributed by atoms with Crippen molar-refractivity contribution >= 4 is 15.9 Å². The minimum absolute atomic E-state index is 0.159. The fourth-order valence-corrected chi connectivity index (χ4v) is 4.61. The first-order valence-electron chi connectivity index (χ1n) is 10.7. The molecule has 3 aromatic carbocycles. The van der Waals surface area contributed by atoms with Crippen molar-refractivity contribution in [3.63, 3.8) is 0 Å². The molecule has 174 valence electrons. The van der Waals surface area contributed by atoms with Gasteiger partial charge >= 0.3 is 0 Å². The van der Waals surface area contributed by atoms with Gasteiger partial charge in [0.1, 0.15) is 0 Å². The van der Waals surface area contributed by atoms with Crippen LogP contribution in [-0.4, -0.2) is 30.6 Å². The topological polar surface area (TPSA) is 114 Å². The molecule has 0 saturated carbocycles. The summed E-state index contributed by atoms with van der Waals surface area (Å²) in [5.74, 6) is 0.500. The Morgan fingerprint density at radius 3 is 2.18 bits per heavy atom. The van der Waals surface area contributed by atoms with E-state index in [0.717, 1.165) is 5.56 Å². The van der Waals surface area contributed by atoms with Crippen molar-refractivity contribution in [3.05, 3.63) is 90.0 Å². The zero-order valence-corrected chi connectivity index (χ0v) is 19.5. The highest BCUT2D eigenvalue weighted by Gasteiger charge is 2.16. The lowest BCUT2D eigenvalue weighted by atomic mass is 10.1. The molecular weight excluding hydrogens is 452 g/mol. The molecule has 1 amide bonds. The third-order valence-electron chi connectivity index (χ3n) is 4.89. The number of rotatable bonds is 8. The molecule has 1 heterocycles. The molecule has 8 nitrogen and oxygen atoms in total. The molecule has 0 bridgehead atoms. The van der Waals surface area contributed by atoms with Gasteiger partial charge in [0.2, 0.25) is 21.8 Å². The summed E-state index contributed by atoms with van der Waals surface area (Å²) in [6.45, 7) is 3.71. The van der Waals surface area contributed by atoms with Crippen LogP contribution in [0.4, 0.5) is 0 Å². The Morgan fingerprint density at radius 1 is 0.882 bits per heavy atom. The number of hydrogen-bond acceptors (Lipinski definition) is 6. The molecule has 0 aliphatic carbocycles. The average molecular weight is 477 g/mol. The standard InChI is InChI=1S/C25H24N4O4S/c1-17(2)29-34(31,32)22-10-6-7-18(15-22)16-26-23(30)19-11-13-21(14-12-19)25-28-27-24(33-25)20-8-4-3-5-9-20/h3-15,17,29H,16H2,1-2H3,(H,26,30). The van der Waals surface area contributed by atoms with Gasteiger partial charge in [0.05, 0.1) is 4.90 Å². The molecule has 0 spiro atoms. The summed E-state index contributed by atoms with van der Waals surface area (Å²) in [4.78, 5) is 12.7. The van der Waals surface area contributed by atoms with Crippen molar-refractivity contribution in [2.75, 3.05) is 0 Å². The van der Waals surface area contributed by atoms with Crippen LogP contribution in [0.2, 0.25) is 0 Å². The highest BCUT2D eigenvalue weighted by molar-refractivity contribution is 7.89. The summed E-state index contributed by atoms with van der Waals surface area (Å²) in [7, 11) is -3.60. The van der Waals surface area contributed by atoms with Crippen LogP contribution in [0, 0.1) is 0 Å². The molecule has 9 heteroatoms. The summed E-state index contributed by atoms with van der Waals surface area (Å²) < 4.78 is 33.0. The van der Waals surface area contributed by atoms with Crippen molar-refractivity contribution < 1.29 is 17.6 Å². The summed E-state index contributed by atoms with van der Waals surface area (Å²) in [5, 5.41) is 11.0. The normalized spacial score (nSPS) is 11.5. The van der Waals surface area contributed by atoms with Gasteiger partial charge in [-0.2, -0.15) is 0 Å². The number of sulfonamides is 1. The third-order valence-corrected chi connectivity index (χ3v) is 6.55. The smallest absolute Gasteiger partial charge is 0.251 e. The van der Waals surface area contributed by atoms with E-state index in [9.17, 15) is 13.2 Å². The number of nitrogens with one attached hydrogen (secondary N) is 2. The molecule has 0 atom stereocenters. The van der Waals surface area contributed by atoms with Gasteiger partial charge in [-0.1, -0.05) is 30.3 Å². The molecule has 1 aromatic heterocycles. The summed E-state index contributed by atoms with van der Waals surface area (Å²) >= 11 is 0. The fraction of sp³-hybridized carbons (Fsp3) is 0.160. The lowest BCUT2D eigenvalue weighted by Gasteiger charge is -2.11. The first-order chi connectivity index (χ1) is 16.3. The summed E-state index contributed by atoms with van der Waals surface area (Å²) in [6, 6.07) is 22.6. The lowest BCUT2D eigenvalue weighted by molar-refractivity contribution is 0.0951. The average Bonchev–Trinajstić information content (AvgIpc) is 3.33. The van der Waals surface area contributed by atoms with Crippen molar-refractivity contribution in [3.8, 4) is 22.9 Å². The molecular formula is C25H24N4O4S. The maximum atomic E-state index is 12.6. The van der Waals surface area contributed by atoms with Crippen molar-refractivity contribution in [2.24, 2.45) is 0 Å². The number of nitrogens with zero attached hydrogens (tertiary/aromatic N) is 2. The van der Waals surface area contributed by atoms with Crippen molar-refractivity contribution in [1.82, 2.24) is 20.2 Å². The molecule has 4 rings (SSSR count). The minimum atomic E-state index is -3.60. The SMILES string of the molecule is CC(C)NS(=O)(=O)c1cccc(CNC(=O)c2ccc(-c3nnc(-c4ccccc4)o3)cc2)c1. The van der Waals surface area contributed by atoms with E-state index in [1.54, 1.807) is 56.3 Å². The number of hydrogen-bond donors (Lipinski definition) is 2. The van der Waals surface area contributed by atoms with Crippen molar-refractivity contribution in [1.29, 1.82) is 0 Å². The Kier molecular flexibility index (Phi) is 6.85. The van der Waals surface area contributed by atoms with E-state index in [1.807, 2.05) is 30.3 Å². The first kappa shape index (κ1) is 23.3. The predicted octanol–water partition coefficient (Wildman–Crippen LogP) is 4.02. The van der Waals surface area contributed by atoms with Crippen LogP contribution in [-0.2, 0) is 16.6 Å². The minimum Gasteiger partial charge on any atom is -0.416 e. The summed E-state index contributed by atoms with van der Waals surface area (Å²) in [6.07, 6.45) is 0.